The molecule has 0 bridgehead atoms. The van der Waals surface area contributed by atoms with Crippen molar-refractivity contribution in [2.75, 3.05) is 12.0 Å². The number of fused-ring (bicyclic) bond motifs is 1. The Labute approximate surface area is 191 Å². The first-order chi connectivity index (χ1) is 15.2. The first kappa shape index (κ1) is 22.3. The quantitative estimate of drug-likeness (QED) is 0.644. The van der Waals surface area contributed by atoms with E-state index in [1.165, 1.54) is 7.11 Å². The number of ether oxygens (including phenoxy) is 1. The van der Waals surface area contributed by atoms with E-state index in [4.69, 9.17) is 16.3 Å². The number of carboxylic acid groups (broad SMARTS) is 1. The van der Waals surface area contributed by atoms with Crippen LogP contribution in [-0.2, 0) is 14.4 Å². The summed E-state index contributed by atoms with van der Waals surface area (Å²) < 4.78 is 5.37. The molecule has 2 heterocycles. The number of hydrogen-bond donors (Lipinski definition) is 2. The van der Waals surface area contributed by atoms with Crippen LogP contribution in [0.1, 0.15) is 31.9 Å². The number of imide groups is 1. The Morgan fingerprint density at radius 3 is 2.41 bits per heavy atom. The van der Waals surface area contributed by atoms with E-state index >= 15 is 0 Å². The van der Waals surface area contributed by atoms with E-state index in [1.807, 2.05) is 13.8 Å². The first-order valence-electron chi connectivity index (χ1n) is 10.5. The summed E-state index contributed by atoms with van der Waals surface area (Å²) in [6, 6.07) is 13.0. The molecule has 2 saturated heterocycles. The van der Waals surface area contributed by atoms with E-state index in [0.717, 1.165) is 4.90 Å². The lowest BCUT2D eigenvalue weighted by molar-refractivity contribution is -0.149. The first-order valence-corrected chi connectivity index (χ1v) is 10.9. The highest BCUT2D eigenvalue weighted by Gasteiger charge is 2.68. The third-order valence-corrected chi connectivity index (χ3v) is 6.57. The highest BCUT2D eigenvalue weighted by Crippen LogP contribution is 2.52. The van der Waals surface area contributed by atoms with Crippen molar-refractivity contribution in [3.8, 4) is 5.75 Å². The Kier molecular flexibility index (Phi) is 5.73. The topological polar surface area (TPSA) is 95.9 Å². The normalized spacial score (nSPS) is 27.2. The smallest absolute Gasteiger partial charge is 0.324 e. The van der Waals surface area contributed by atoms with Gasteiger partial charge < -0.3 is 9.84 Å². The second-order valence-corrected chi connectivity index (χ2v) is 9.17. The summed E-state index contributed by atoms with van der Waals surface area (Å²) >= 11 is 6.04. The van der Waals surface area contributed by atoms with Crippen molar-refractivity contribution in [2.24, 2.45) is 17.8 Å². The number of hydrogen-bond acceptors (Lipinski definition) is 5. The van der Waals surface area contributed by atoms with E-state index < -0.39 is 41.2 Å². The van der Waals surface area contributed by atoms with Gasteiger partial charge in [0.05, 0.1) is 24.6 Å². The monoisotopic (exact) mass is 456 g/mol. The van der Waals surface area contributed by atoms with Crippen LogP contribution in [0.4, 0.5) is 5.69 Å². The second-order valence-electron chi connectivity index (χ2n) is 8.74. The number of amides is 2. The summed E-state index contributed by atoms with van der Waals surface area (Å²) in [7, 11) is 1.46. The summed E-state index contributed by atoms with van der Waals surface area (Å²) in [5, 5.41) is 14.1. The Morgan fingerprint density at radius 2 is 1.81 bits per heavy atom. The van der Waals surface area contributed by atoms with Gasteiger partial charge in [0.15, 0.2) is 0 Å². The number of carboxylic acids is 1. The highest BCUT2D eigenvalue weighted by molar-refractivity contribution is 6.30. The lowest BCUT2D eigenvalue weighted by Crippen LogP contribution is -2.56. The van der Waals surface area contributed by atoms with E-state index in [0.29, 0.717) is 22.0 Å². The number of halogens is 1. The van der Waals surface area contributed by atoms with Crippen LogP contribution >= 0.6 is 11.6 Å². The molecular weight excluding hydrogens is 432 g/mol. The average Bonchev–Trinajstić information content (AvgIpc) is 3.22. The van der Waals surface area contributed by atoms with Gasteiger partial charge in [-0.25, -0.2) is 4.90 Å². The molecule has 7 nitrogen and oxygen atoms in total. The Bertz CT molecular complexity index is 1070. The van der Waals surface area contributed by atoms with E-state index in [1.54, 1.807) is 48.5 Å². The molecule has 2 N–H and O–H groups in total. The summed E-state index contributed by atoms with van der Waals surface area (Å²) in [6.07, 6.45) is 0.201. The maximum Gasteiger partial charge on any atom is 0.324 e. The van der Waals surface area contributed by atoms with Gasteiger partial charge in [-0.15, -0.1) is 0 Å². The predicted molar refractivity (Wildman–Crippen MR) is 120 cm³/mol. The number of para-hydroxylation sites is 2. The van der Waals surface area contributed by atoms with Gasteiger partial charge in [-0.2, -0.15) is 0 Å². The maximum atomic E-state index is 13.7. The highest BCUT2D eigenvalue weighted by atomic mass is 35.5. The molecule has 4 unspecified atom stereocenters. The van der Waals surface area contributed by atoms with Gasteiger partial charge in [-0.05, 0) is 42.2 Å². The van der Waals surface area contributed by atoms with Gasteiger partial charge in [0.1, 0.15) is 11.3 Å². The zero-order valence-electron chi connectivity index (χ0n) is 18.0. The zero-order chi connectivity index (χ0) is 23.2. The third-order valence-electron chi connectivity index (χ3n) is 6.32. The molecule has 0 radical (unpaired) electrons. The molecule has 8 heteroatoms. The van der Waals surface area contributed by atoms with Crippen LogP contribution in [0.25, 0.3) is 0 Å². The number of carbonyl (C=O) groups is 3. The molecule has 2 amide bonds. The standard InChI is InChI=1S/C24H25ClN2O5/c1-13(2)12-24(23(30)31)19-18(20(26-24)14-8-10-15(25)11-9-14)21(28)27(22(19)29)16-6-4-5-7-17(16)32-3/h4-11,13,18-20,26H,12H2,1-3H3,(H,30,31). The number of anilines is 1. The largest absolute Gasteiger partial charge is 0.495 e. The summed E-state index contributed by atoms with van der Waals surface area (Å²) in [5.41, 5.74) is -0.551. The number of aliphatic carboxylic acids is 1. The molecule has 2 aromatic carbocycles. The number of rotatable bonds is 6. The maximum absolute atomic E-state index is 13.7. The molecule has 0 saturated carbocycles. The Balaban J connectivity index is 1.88. The minimum atomic E-state index is -1.58. The van der Waals surface area contributed by atoms with Crippen molar-refractivity contribution in [1.29, 1.82) is 0 Å². The fraction of sp³-hybridized carbons (Fsp3) is 0.375. The van der Waals surface area contributed by atoms with E-state index in [9.17, 15) is 19.5 Å². The fourth-order valence-electron chi connectivity index (χ4n) is 5.13. The number of benzene rings is 2. The SMILES string of the molecule is COc1ccccc1N1C(=O)C2C(c3ccc(Cl)cc3)NC(CC(C)C)(C(=O)O)C2C1=O. The van der Waals surface area contributed by atoms with Crippen molar-refractivity contribution < 1.29 is 24.2 Å². The van der Waals surface area contributed by atoms with E-state index in [-0.39, 0.29) is 12.3 Å². The molecule has 2 aliphatic rings. The molecular formula is C24H25ClN2O5. The van der Waals surface area contributed by atoms with Crippen LogP contribution < -0.4 is 15.0 Å². The molecule has 4 rings (SSSR count). The molecule has 168 valence electrons. The summed E-state index contributed by atoms with van der Waals surface area (Å²) in [4.78, 5) is 41.2. The lowest BCUT2D eigenvalue weighted by Gasteiger charge is -2.32. The van der Waals surface area contributed by atoms with Crippen LogP contribution in [0.5, 0.6) is 5.75 Å². The Hall–Kier alpha value is -2.90. The molecule has 2 aliphatic heterocycles. The minimum Gasteiger partial charge on any atom is -0.495 e. The molecule has 0 aromatic heterocycles. The van der Waals surface area contributed by atoms with Crippen LogP contribution in [0, 0.1) is 17.8 Å². The van der Waals surface area contributed by atoms with Gasteiger partial charge >= 0.3 is 5.97 Å². The number of carbonyl (C=O) groups excluding carboxylic acids is 2. The van der Waals surface area contributed by atoms with E-state index in [2.05, 4.69) is 5.32 Å². The second kappa shape index (κ2) is 8.22. The zero-order valence-corrected chi connectivity index (χ0v) is 18.8. The summed E-state index contributed by atoms with van der Waals surface area (Å²) in [6.45, 7) is 3.80. The van der Waals surface area contributed by atoms with Crippen LogP contribution in [0.2, 0.25) is 5.02 Å². The van der Waals surface area contributed by atoms with Crippen molar-refractivity contribution in [3.63, 3.8) is 0 Å². The summed E-state index contributed by atoms with van der Waals surface area (Å²) in [5.74, 6) is -3.69. The third kappa shape index (κ3) is 3.36. The lowest BCUT2D eigenvalue weighted by atomic mass is 9.75. The van der Waals surface area contributed by atoms with Crippen LogP contribution in [0.3, 0.4) is 0 Å². The molecule has 0 spiro atoms. The predicted octanol–water partition coefficient (Wildman–Crippen LogP) is 3.67. The van der Waals surface area contributed by atoms with Gasteiger partial charge in [-0.1, -0.05) is 49.7 Å². The van der Waals surface area contributed by atoms with Gasteiger partial charge in [0.25, 0.3) is 0 Å². The fourth-order valence-corrected chi connectivity index (χ4v) is 5.25. The number of methoxy groups -OCH3 is 1. The molecule has 4 atom stereocenters. The van der Waals surface area contributed by atoms with Crippen molar-refractivity contribution in [3.05, 3.63) is 59.1 Å². The minimum absolute atomic E-state index is 0.0218. The molecule has 2 aromatic rings. The van der Waals surface area contributed by atoms with Crippen LogP contribution in [-0.4, -0.2) is 35.5 Å². The Morgan fingerprint density at radius 1 is 1.16 bits per heavy atom. The van der Waals surface area contributed by atoms with Crippen molar-refractivity contribution in [2.45, 2.75) is 31.8 Å². The molecule has 32 heavy (non-hydrogen) atoms. The van der Waals surface area contributed by atoms with Gasteiger partial charge in [0.2, 0.25) is 11.8 Å². The van der Waals surface area contributed by atoms with Crippen molar-refractivity contribution >= 4 is 35.1 Å². The number of nitrogens with one attached hydrogen (secondary N) is 1. The number of nitrogens with zero attached hydrogens (tertiary/aromatic N) is 1. The van der Waals surface area contributed by atoms with Crippen molar-refractivity contribution in [1.82, 2.24) is 5.32 Å². The van der Waals surface area contributed by atoms with Gasteiger partial charge in [0, 0.05) is 11.1 Å². The average molecular weight is 457 g/mol. The van der Waals surface area contributed by atoms with Gasteiger partial charge in [-0.3, -0.25) is 19.7 Å². The molecule has 0 aliphatic carbocycles. The molecule has 2 fully saturated rings. The van der Waals surface area contributed by atoms with Crippen LogP contribution in [0.15, 0.2) is 48.5 Å².